The SMILES string of the molecule is CSCc1ccc(NC(=O)C(N)CCCCN)cc1. The monoisotopic (exact) mass is 281 g/mol. The summed E-state index contributed by atoms with van der Waals surface area (Å²) in [6.45, 7) is 0.644. The maximum absolute atomic E-state index is 11.8. The number of nitrogens with two attached hydrogens (primary N) is 2. The van der Waals surface area contributed by atoms with E-state index >= 15 is 0 Å². The van der Waals surface area contributed by atoms with E-state index in [4.69, 9.17) is 11.5 Å². The van der Waals surface area contributed by atoms with Gasteiger partial charge in [0.1, 0.15) is 0 Å². The third kappa shape index (κ3) is 6.09. The van der Waals surface area contributed by atoms with Crippen LogP contribution in [-0.4, -0.2) is 24.7 Å². The van der Waals surface area contributed by atoms with Crippen molar-refractivity contribution in [3.8, 4) is 0 Å². The predicted octanol–water partition coefficient (Wildman–Crippen LogP) is 1.94. The number of anilines is 1. The first-order valence-corrected chi connectivity index (χ1v) is 7.91. The summed E-state index contributed by atoms with van der Waals surface area (Å²) in [4.78, 5) is 11.8. The number of unbranched alkanes of at least 4 members (excludes halogenated alkanes) is 1. The number of carbonyl (C=O) groups excluding carboxylic acids is 1. The van der Waals surface area contributed by atoms with E-state index in [0.717, 1.165) is 24.3 Å². The van der Waals surface area contributed by atoms with Gasteiger partial charge in [-0.15, -0.1) is 0 Å². The van der Waals surface area contributed by atoms with Crippen LogP contribution in [0.4, 0.5) is 5.69 Å². The van der Waals surface area contributed by atoms with E-state index in [0.29, 0.717) is 13.0 Å². The summed E-state index contributed by atoms with van der Waals surface area (Å²) in [5, 5.41) is 2.84. The third-order valence-corrected chi connectivity index (χ3v) is 3.46. The van der Waals surface area contributed by atoms with Crippen molar-refractivity contribution >= 4 is 23.4 Å². The van der Waals surface area contributed by atoms with Crippen LogP contribution >= 0.6 is 11.8 Å². The van der Waals surface area contributed by atoms with Crippen LogP contribution in [0.2, 0.25) is 0 Å². The fraction of sp³-hybridized carbons (Fsp3) is 0.500. The summed E-state index contributed by atoms with van der Waals surface area (Å²) in [5.74, 6) is 0.849. The van der Waals surface area contributed by atoms with Crippen LogP contribution in [0.3, 0.4) is 0 Å². The normalized spacial score (nSPS) is 12.2. The number of thioether (sulfide) groups is 1. The van der Waals surface area contributed by atoms with Crippen molar-refractivity contribution in [2.45, 2.75) is 31.1 Å². The zero-order valence-electron chi connectivity index (χ0n) is 11.4. The molecule has 1 unspecified atom stereocenters. The molecule has 0 fully saturated rings. The average Bonchev–Trinajstić information content (AvgIpc) is 2.41. The fourth-order valence-electron chi connectivity index (χ4n) is 1.73. The number of rotatable bonds is 8. The standard InChI is InChI=1S/C14H23N3OS/c1-19-10-11-5-7-12(8-6-11)17-14(18)13(16)4-2-3-9-15/h5-8,13H,2-4,9-10,15-16H2,1H3,(H,17,18). The molecule has 1 amide bonds. The highest BCUT2D eigenvalue weighted by molar-refractivity contribution is 7.97. The molecule has 4 nitrogen and oxygen atoms in total. The molecule has 5 N–H and O–H groups in total. The van der Waals surface area contributed by atoms with Gasteiger partial charge in [-0.2, -0.15) is 11.8 Å². The van der Waals surface area contributed by atoms with Crippen molar-refractivity contribution in [3.63, 3.8) is 0 Å². The van der Waals surface area contributed by atoms with E-state index in [2.05, 4.69) is 11.6 Å². The first kappa shape index (κ1) is 16.0. The Labute approximate surface area is 119 Å². The van der Waals surface area contributed by atoms with E-state index in [9.17, 15) is 4.79 Å². The van der Waals surface area contributed by atoms with Crippen LogP contribution in [0.1, 0.15) is 24.8 Å². The second-order valence-corrected chi connectivity index (χ2v) is 5.38. The molecule has 0 spiro atoms. The minimum atomic E-state index is -0.461. The molecule has 5 heteroatoms. The van der Waals surface area contributed by atoms with Crippen LogP contribution < -0.4 is 16.8 Å². The van der Waals surface area contributed by atoms with Gasteiger partial charge in [0.15, 0.2) is 0 Å². The van der Waals surface area contributed by atoms with E-state index in [-0.39, 0.29) is 5.91 Å². The molecule has 0 saturated heterocycles. The van der Waals surface area contributed by atoms with Crippen molar-refractivity contribution in [2.75, 3.05) is 18.1 Å². The zero-order valence-corrected chi connectivity index (χ0v) is 12.2. The van der Waals surface area contributed by atoms with Crippen LogP contribution in [0.5, 0.6) is 0 Å². The lowest BCUT2D eigenvalue weighted by Crippen LogP contribution is -2.35. The second kappa shape index (κ2) is 8.96. The molecule has 0 aliphatic rings. The molecule has 106 valence electrons. The molecular formula is C14H23N3OS. The molecule has 1 rings (SSSR count). The predicted molar refractivity (Wildman–Crippen MR) is 83.2 cm³/mol. The maximum atomic E-state index is 11.8. The fourth-order valence-corrected chi connectivity index (χ4v) is 2.25. The molecule has 0 bridgehead atoms. The van der Waals surface area contributed by atoms with Gasteiger partial charge in [0, 0.05) is 11.4 Å². The molecule has 0 saturated carbocycles. The zero-order chi connectivity index (χ0) is 14.1. The Morgan fingerprint density at radius 2 is 2.00 bits per heavy atom. The Morgan fingerprint density at radius 1 is 1.32 bits per heavy atom. The van der Waals surface area contributed by atoms with Gasteiger partial charge in [-0.05, 0) is 43.3 Å². The minimum absolute atomic E-state index is 0.130. The second-order valence-electron chi connectivity index (χ2n) is 4.51. The van der Waals surface area contributed by atoms with E-state index in [1.807, 2.05) is 24.3 Å². The van der Waals surface area contributed by atoms with Crippen LogP contribution in [0.15, 0.2) is 24.3 Å². The van der Waals surface area contributed by atoms with E-state index in [1.54, 1.807) is 11.8 Å². The Balaban J connectivity index is 2.42. The van der Waals surface area contributed by atoms with Gasteiger partial charge >= 0.3 is 0 Å². The van der Waals surface area contributed by atoms with Gasteiger partial charge in [-0.25, -0.2) is 0 Å². The molecular weight excluding hydrogens is 258 g/mol. The molecule has 0 aliphatic carbocycles. The first-order chi connectivity index (χ1) is 9.17. The number of hydrogen-bond donors (Lipinski definition) is 3. The van der Waals surface area contributed by atoms with Gasteiger partial charge < -0.3 is 16.8 Å². The van der Waals surface area contributed by atoms with Gasteiger partial charge in [-0.3, -0.25) is 4.79 Å². The highest BCUT2D eigenvalue weighted by Gasteiger charge is 2.12. The number of benzene rings is 1. The summed E-state index contributed by atoms with van der Waals surface area (Å²) in [7, 11) is 0. The summed E-state index contributed by atoms with van der Waals surface area (Å²) in [5.41, 5.74) is 13.3. The van der Waals surface area contributed by atoms with Crippen molar-refractivity contribution in [1.82, 2.24) is 0 Å². The largest absolute Gasteiger partial charge is 0.330 e. The summed E-state index contributed by atoms with van der Waals surface area (Å²) < 4.78 is 0. The Hall–Kier alpha value is -1.04. The summed E-state index contributed by atoms with van der Waals surface area (Å²) in [6.07, 6.45) is 4.53. The van der Waals surface area contributed by atoms with E-state index < -0.39 is 6.04 Å². The highest BCUT2D eigenvalue weighted by atomic mass is 32.2. The van der Waals surface area contributed by atoms with Crippen LogP contribution in [-0.2, 0) is 10.5 Å². The lowest BCUT2D eigenvalue weighted by molar-refractivity contribution is -0.117. The number of nitrogens with one attached hydrogen (secondary N) is 1. The topological polar surface area (TPSA) is 81.1 Å². The molecule has 0 radical (unpaired) electrons. The van der Waals surface area contributed by atoms with Gasteiger partial charge in [0.25, 0.3) is 0 Å². The quantitative estimate of drug-likeness (QED) is 0.636. The Morgan fingerprint density at radius 3 is 2.58 bits per heavy atom. The lowest BCUT2D eigenvalue weighted by Gasteiger charge is -2.12. The van der Waals surface area contributed by atoms with E-state index in [1.165, 1.54) is 5.56 Å². The van der Waals surface area contributed by atoms with Crippen molar-refractivity contribution in [2.24, 2.45) is 11.5 Å². The van der Waals surface area contributed by atoms with Gasteiger partial charge in [-0.1, -0.05) is 18.6 Å². The number of hydrogen-bond acceptors (Lipinski definition) is 4. The molecule has 0 heterocycles. The molecule has 0 aromatic heterocycles. The molecule has 0 aliphatic heterocycles. The average molecular weight is 281 g/mol. The van der Waals surface area contributed by atoms with Crippen molar-refractivity contribution < 1.29 is 4.79 Å². The molecule has 1 aromatic rings. The van der Waals surface area contributed by atoms with Crippen molar-refractivity contribution in [3.05, 3.63) is 29.8 Å². The molecule has 1 aromatic carbocycles. The van der Waals surface area contributed by atoms with Crippen LogP contribution in [0, 0.1) is 0 Å². The lowest BCUT2D eigenvalue weighted by atomic mass is 10.1. The molecule has 19 heavy (non-hydrogen) atoms. The smallest absolute Gasteiger partial charge is 0.241 e. The number of carbonyl (C=O) groups is 1. The Kier molecular flexibility index (Phi) is 7.55. The third-order valence-electron chi connectivity index (χ3n) is 2.84. The van der Waals surface area contributed by atoms with Crippen molar-refractivity contribution in [1.29, 1.82) is 0 Å². The van der Waals surface area contributed by atoms with Gasteiger partial charge in [0.05, 0.1) is 6.04 Å². The maximum Gasteiger partial charge on any atom is 0.241 e. The first-order valence-electron chi connectivity index (χ1n) is 6.51. The summed E-state index contributed by atoms with van der Waals surface area (Å²) >= 11 is 1.77. The number of amides is 1. The minimum Gasteiger partial charge on any atom is -0.330 e. The van der Waals surface area contributed by atoms with Gasteiger partial charge in [0.2, 0.25) is 5.91 Å². The molecule has 1 atom stereocenters. The Bertz CT molecular complexity index is 381. The van der Waals surface area contributed by atoms with Crippen LogP contribution in [0.25, 0.3) is 0 Å². The highest BCUT2D eigenvalue weighted by Crippen LogP contribution is 2.14. The summed E-state index contributed by atoms with van der Waals surface area (Å²) in [6, 6.07) is 7.40.